The largest absolute Gasteiger partial charge is 0.417 e. The predicted octanol–water partition coefficient (Wildman–Crippen LogP) is 3.26. The second kappa shape index (κ2) is 4.80. The number of halogens is 3. The lowest BCUT2D eigenvalue weighted by Crippen LogP contribution is -2.07. The quantitative estimate of drug-likeness (QED) is 0.677. The molecule has 0 amide bonds. The van der Waals surface area contributed by atoms with Crippen molar-refractivity contribution in [3.05, 3.63) is 52.2 Å². The first-order valence-corrected chi connectivity index (χ1v) is 5.37. The Bertz CT molecular complexity index is 671. The zero-order valence-corrected chi connectivity index (χ0v) is 9.89. The van der Waals surface area contributed by atoms with E-state index in [1.165, 1.54) is 18.2 Å². The van der Waals surface area contributed by atoms with E-state index in [2.05, 4.69) is 4.98 Å². The van der Waals surface area contributed by atoms with E-state index in [1.807, 2.05) is 0 Å². The molecule has 2 rings (SSSR count). The number of hydrogen-bond acceptors (Lipinski definition) is 4. The van der Waals surface area contributed by atoms with E-state index in [0.29, 0.717) is 0 Å². The summed E-state index contributed by atoms with van der Waals surface area (Å²) in [5, 5.41) is 10.8. The topological polar surface area (TPSA) is 82.0 Å². The Hall–Kier alpha value is -2.64. The fraction of sp³-hybridized carbons (Fsp3) is 0.0833. The number of nitrogens with two attached hydrogens (primary N) is 1. The van der Waals surface area contributed by atoms with Crippen molar-refractivity contribution < 1.29 is 18.1 Å². The maximum absolute atomic E-state index is 12.9. The summed E-state index contributed by atoms with van der Waals surface area (Å²) in [6.07, 6.45) is -3.60. The van der Waals surface area contributed by atoms with E-state index in [1.54, 1.807) is 0 Å². The number of aromatic nitrogens is 1. The Morgan fingerprint density at radius 3 is 2.50 bits per heavy atom. The van der Waals surface area contributed by atoms with Gasteiger partial charge in [-0.1, -0.05) is 18.2 Å². The van der Waals surface area contributed by atoms with Crippen LogP contribution in [0.3, 0.4) is 0 Å². The van der Waals surface area contributed by atoms with Gasteiger partial charge in [0.15, 0.2) is 0 Å². The number of nitrogen functional groups attached to an aromatic ring is 1. The van der Waals surface area contributed by atoms with Gasteiger partial charge in [-0.25, -0.2) is 0 Å². The van der Waals surface area contributed by atoms with Gasteiger partial charge in [-0.05, 0) is 6.07 Å². The smallest absolute Gasteiger partial charge is 0.392 e. The van der Waals surface area contributed by atoms with Crippen LogP contribution in [-0.4, -0.2) is 9.91 Å². The molecule has 1 aromatic heterocycles. The van der Waals surface area contributed by atoms with Crippen molar-refractivity contribution in [2.45, 2.75) is 6.18 Å². The summed E-state index contributed by atoms with van der Waals surface area (Å²) >= 11 is 0. The van der Waals surface area contributed by atoms with Gasteiger partial charge in [0.2, 0.25) is 0 Å². The SMILES string of the molecule is Nc1cnc(-c2ccccc2C(F)(F)F)cc1[N+](=O)[O-]. The molecule has 5 nitrogen and oxygen atoms in total. The number of anilines is 1. The van der Waals surface area contributed by atoms with Crippen LogP contribution >= 0.6 is 0 Å². The molecule has 0 fully saturated rings. The molecule has 0 spiro atoms. The van der Waals surface area contributed by atoms with Crippen molar-refractivity contribution in [2.24, 2.45) is 0 Å². The fourth-order valence-electron chi connectivity index (χ4n) is 1.71. The third-order valence-electron chi connectivity index (χ3n) is 2.62. The van der Waals surface area contributed by atoms with Crippen molar-refractivity contribution in [3.63, 3.8) is 0 Å². The van der Waals surface area contributed by atoms with E-state index in [0.717, 1.165) is 18.3 Å². The van der Waals surface area contributed by atoms with Gasteiger partial charge in [0.05, 0.1) is 22.4 Å². The third-order valence-corrected chi connectivity index (χ3v) is 2.62. The molecule has 1 heterocycles. The molecule has 0 radical (unpaired) electrons. The lowest BCUT2D eigenvalue weighted by molar-refractivity contribution is -0.383. The van der Waals surface area contributed by atoms with Crippen LogP contribution in [0.25, 0.3) is 11.3 Å². The molecule has 0 bridgehead atoms. The first kappa shape index (κ1) is 13.8. The normalized spacial score (nSPS) is 11.3. The highest BCUT2D eigenvalue weighted by Crippen LogP contribution is 2.37. The standard InChI is InChI=1S/C12H8F3N3O2/c13-12(14,15)8-4-2-1-3-7(8)10-5-11(18(19)20)9(16)6-17-10/h1-6H,16H2. The molecule has 0 saturated heterocycles. The monoisotopic (exact) mass is 283 g/mol. The second-order valence-electron chi connectivity index (χ2n) is 3.93. The highest BCUT2D eigenvalue weighted by molar-refractivity contribution is 5.70. The summed E-state index contributed by atoms with van der Waals surface area (Å²) in [4.78, 5) is 13.7. The Labute approximate surface area is 111 Å². The number of rotatable bonds is 2. The fourth-order valence-corrected chi connectivity index (χ4v) is 1.71. The number of nitro groups is 1. The van der Waals surface area contributed by atoms with Crippen molar-refractivity contribution in [2.75, 3.05) is 5.73 Å². The molecular weight excluding hydrogens is 275 g/mol. The lowest BCUT2D eigenvalue weighted by Gasteiger charge is -2.12. The summed E-state index contributed by atoms with van der Waals surface area (Å²) in [6.45, 7) is 0. The van der Waals surface area contributed by atoms with Gasteiger partial charge >= 0.3 is 6.18 Å². The van der Waals surface area contributed by atoms with Gasteiger partial charge in [0.25, 0.3) is 5.69 Å². The van der Waals surface area contributed by atoms with Crippen LogP contribution in [0.5, 0.6) is 0 Å². The molecule has 0 atom stereocenters. The Morgan fingerprint density at radius 1 is 1.25 bits per heavy atom. The minimum absolute atomic E-state index is 0.154. The molecule has 0 aliphatic carbocycles. The Kier molecular flexibility index (Phi) is 3.31. The molecule has 0 aliphatic heterocycles. The molecule has 8 heteroatoms. The van der Waals surface area contributed by atoms with Gasteiger partial charge in [-0.3, -0.25) is 15.1 Å². The summed E-state index contributed by atoms with van der Waals surface area (Å²) in [6, 6.07) is 5.65. The Morgan fingerprint density at radius 2 is 1.90 bits per heavy atom. The number of pyridine rings is 1. The minimum Gasteiger partial charge on any atom is -0.392 e. The number of hydrogen-bond donors (Lipinski definition) is 1. The molecule has 1 aromatic carbocycles. The van der Waals surface area contributed by atoms with Crippen LogP contribution in [0.1, 0.15) is 5.56 Å². The van der Waals surface area contributed by atoms with Crippen molar-refractivity contribution >= 4 is 11.4 Å². The maximum Gasteiger partial charge on any atom is 0.417 e. The second-order valence-corrected chi connectivity index (χ2v) is 3.93. The minimum atomic E-state index is -4.57. The molecular formula is C12H8F3N3O2. The highest BCUT2D eigenvalue weighted by Gasteiger charge is 2.34. The third kappa shape index (κ3) is 2.53. The van der Waals surface area contributed by atoms with E-state index in [-0.39, 0.29) is 16.9 Å². The first-order valence-electron chi connectivity index (χ1n) is 5.37. The zero-order chi connectivity index (χ0) is 14.9. The molecule has 0 unspecified atom stereocenters. The van der Waals surface area contributed by atoms with E-state index < -0.39 is 22.4 Å². The molecule has 0 saturated carbocycles. The van der Waals surface area contributed by atoms with Crippen molar-refractivity contribution in [1.82, 2.24) is 4.98 Å². The van der Waals surface area contributed by atoms with Crippen LogP contribution in [-0.2, 0) is 6.18 Å². The van der Waals surface area contributed by atoms with E-state index in [4.69, 9.17) is 5.73 Å². The summed E-state index contributed by atoms with van der Waals surface area (Å²) in [5.41, 5.74) is 3.38. The first-order chi connectivity index (χ1) is 9.30. The zero-order valence-electron chi connectivity index (χ0n) is 9.89. The molecule has 20 heavy (non-hydrogen) atoms. The molecule has 104 valence electrons. The summed E-state index contributed by atoms with van der Waals surface area (Å²) < 4.78 is 38.7. The molecule has 2 aromatic rings. The van der Waals surface area contributed by atoms with Crippen molar-refractivity contribution in [3.8, 4) is 11.3 Å². The van der Waals surface area contributed by atoms with Crippen molar-refractivity contribution in [1.29, 1.82) is 0 Å². The van der Waals surface area contributed by atoms with Gasteiger partial charge in [-0.15, -0.1) is 0 Å². The summed E-state index contributed by atoms with van der Waals surface area (Å²) in [7, 11) is 0. The highest BCUT2D eigenvalue weighted by atomic mass is 19.4. The maximum atomic E-state index is 12.9. The van der Waals surface area contributed by atoms with Gasteiger partial charge < -0.3 is 5.73 Å². The van der Waals surface area contributed by atoms with Crippen LogP contribution in [0.15, 0.2) is 36.5 Å². The van der Waals surface area contributed by atoms with E-state index >= 15 is 0 Å². The predicted molar refractivity (Wildman–Crippen MR) is 65.7 cm³/mol. The average Bonchev–Trinajstić information content (AvgIpc) is 2.38. The van der Waals surface area contributed by atoms with E-state index in [9.17, 15) is 23.3 Å². The van der Waals surface area contributed by atoms with Crippen LogP contribution in [0.4, 0.5) is 24.5 Å². The van der Waals surface area contributed by atoms with Gasteiger partial charge in [-0.2, -0.15) is 13.2 Å². The number of nitrogens with zero attached hydrogens (tertiary/aromatic N) is 2. The van der Waals surface area contributed by atoms with Gasteiger partial charge in [0.1, 0.15) is 5.69 Å². The van der Waals surface area contributed by atoms with Gasteiger partial charge in [0, 0.05) is 11.6 Å². The van der Waals surface area contributed by atoms with Crippen LogP contribution in [0, 0.1) is 10.1 Å². The van der Waals surface area contributed by atoms with Crippen LogP contribution < -0.4 is 5.73 Å². The Balaban J connectivity index is 2.64. The van der Waals surface area contributed by atoms with Crippen LogP contribution in [0.2, 0.25) is 0 Å². The molecule has 0 aliphatic rings. The summed E-state index contributed by atoms with van der Waals surface area (Å²) in [5.74, 6) is 0. The number of alkyl halides is 3. The lowest BCUT2D eigenvalue weighted by atomic mass is 10.0. The molecule has 2 N–H and O–H groups in total. The average molecular weight is 283 g/mol. The number of benzene rings is 1.